The minimum atomic E-state index is -1.09. The molecule has 1 N–H and O–H groups in total. The Balaban J connectivity index is 0.00000441. The first-order chi connectivity index (χ1) is 10.2. The van der Waals surface area contributed by atoms with Crippen LogP contribution >= 0.6 is 0 Å². The molecule has 4 heteroatoms. The number of aryl methyl sites for hydroxylation is 1. The third-order valence-electron chi connectivity index (χ3n) is 3.71. The fraction of sp³-hybridized carbons (Fsp3) is 0.611. The van der Waals surface area contributed by atoms with Gasteiger partial charge in [0.05, 0.1) is 12.5 Å². The zero-order valence-electron chi connectivity index (χ0n) is 14.2. The van der Waals surface area contributed by atoms with Crippen LogP contribution in [0, 0.1) is 0 Å². The third-order valence-corrected chi connectivity index (χ3v) is 3.71. The van der Waals surface area contributed by atoms with E-state index < -0.39 is 5.97 Å². The van der Waals surface area contributed by atoms with Gasteiger partial charge in [-0.15, -0.1) is 0 Å². The van der Waals surface area contributed by atoms with Gasteiger partial charge in [-0.1, -0.05) is 64.0 Å². The summed E-state index contributed by atoms with van der Waals surface area (Å²) in [7, 11) is 0. The Hall–Kier alpha value is 0.126. The maximum absolute atomic E-state index is 10.4. The maximum atomic E-state index is 10.4. The van der Waals surface area contributed by atoms with Crippen LogP contribution in [0.2, 0.25) is 0 Å². The number of hydrogen-bond acceptors (Lipinski definition) is 3. The van der Waals surface area contributed by atoms with Crippen LogP contribution in [0.1, 0.15) is 63.9 Å². The van der Waals surface area contributed by atoms with E-state index in [9.17, 15) is 9.90 Å². The number of carbonyl (C=O) groups is 1. The second-order valence-electron chi connectivity index (χ2n) is 5.65. The number of rotatable bonds is 12. The second kappa shape index (κ2) is 14.7. The molecule has 22 heavy (non-hydrogen) atoms. The van der Waals surface area contributed by atoms with Crippen molar-refractivity contribution in [3.05, 3.63) is 29.8 Å². The van der Waals surface area contributed by atoms with Crippen molar-refractivity contribution in [3.63, 3.8) is 0 Å². The summed E-state index contributed by atoms with van der Waals surface area (Å²) in [5.74, 6) is -1.09. The number of hydrogen-bond donors (Lipinski definition) is 1. The molecule has 0 fully saturated rings. The van der Waals surface area contributed by atoms with E-state index in [-0.39, 0.29) is 57.9 Å². The van der Waals surface area contributed by atoms with Crippen molar-refractivity contribution in [2.45, 2.75) is 64.7 Å². The van der Waals surface area contributed by atoms with Crippen LogP contribution in [0.15, 0.2) is 24.3 Å². The number of anilines is 1. The Morgan fingerprint density at radius 2 is 1.50 bits per heavy atom. The molecule has 0 atom stereocenters. The Morgan fingerprint density at radius 1 is 0.955 bits per heavy atom. The third kappa shape index (κ3) is 11.7. The molecule has 0 aliphatic heterocycles. The van der Waals surface area contributed by atoms with Gasteiger partial charge in [-0.25, -0.2) is 0 Å². The maximum Gasteiger partial charge on any atom is 1.00 e. The van der Waals surface area contributed by atoms with Crippen molar-refractivity contribution >= 4 is 11.7 Å². The van der Waals surface area contributed by atoms with Gasteiger partial charge in [0, 0.05) is 5.69 Å². The Morgan fingerprint density at radius 3 is 2.05 bits per heavy atom. The van der Waals surface area contributed by atoms with Crippen molar-refractivity contribution in [2.24, 2.45) is 0 Å². The van der Waals surface area contributed by atoms with E-state index in [1.54, 1.807) is 0 Å². The average Bonchev–Trinajstić information content (AvgIpc) is 2.49. The summed E-state index contributed by atoms with van der Waals surface area (Å²) in [6.45, 7) is 2.11. The summed E-state index contributed by atoms with van der Waals surface area (Å²) < 4.78 is 0. The number of carboxylic acid groups (broad SMARTS) is 1. The van der Waals surface area contributed by atoms with Crippen LogP contribution in [-0.4, -0.2) is 12.5 Å². The van der Waals surface area contributed by atoms with Gasteiger partial charge in [-0.05, 0) is 30.5 Å². The number of benzene rings is 1. The van der Waals surface area contributed by atoms with Crippen LogP contribution in [0.4, 0.5) is 5.69 Å². The first-order valence-corrected chi connectivity index (χ1v) is 8.25. The molecule has 0 aliphatic carbocycles. The molecule has 1 aromatic rings. The number of nitrogens with one attached hydrogen (secondary N) is 1. The zero-order valence-corrected chi connectivity index (χ0v) is 17.3. The monoisotopic (exact) mass is 329 g/mol. The molecule has 0 spiro atoms. The topological polar surface area (TPSA) is 52.2 Å². The van der Waals surface area contributed by atoms with Gasteiger partial charge < -0.3 is 15.2 Å². The minimum absolute atomic E-state index is 0. The van der Waals surface area contributed by atoms with Gasteiger partial charge in [-0.2, -0.15) is 0 Å². The number of unbranched alkanes of at least 4 members (excludes halogenated alkanes) is 7. The molecule has 0 bridgehead atoms. The molecular formula is C18H28KNO2. The SMILES string of the molecule is CCCCCCCCCCc1ccc(NCC(=O)[O-])cc1.[K+]. The van der Waals surface area contributed by atoms with Crippen LogP contribution in [0.5, 0.6) is 0 Å². The average molecular weight is 330 g/mol. The van der Waals surface area contributed by atoms with Gasteiger partial charge >= 0.3 is 51.4 Å². The molecule has 118 valence electrons. The Labute approximate surface area is 177 Å². The normalized spacial score (nSPS) is 10.0. The molecule has 0 radical (unpaired) electrons. The van der Waals surface area contributed by atoms with Gasteiger partial charge in [0.25, 0.3) is 0 Å². The number of carboxylic acids is 1. The largest absolute Gasteiger partial charge is 1.00 e. The summed E-state index contributed by atoms with van der Waals surface area (Å²) in [5.41, 5.74) is 2.15. The van der Waals surface area contributed by atoms with E-state index in [1.807, 2.05) is 12.1 Å². The molecular weight excluding hydrogens is 301 g/mol. The van der Waals surface area contributed by atoms with Crippen molar-refractivity contribution in [1.82, 2.24) is 0 Å². The van der Waals surface area contributed by atoms with Crippen LogP contribution in [-0.2, 0) is 11.2 Å². The summed E-state index contributed by atoms with van der Waals surface area (Å²) in [6.07, 6.45) is 11.8. The van der Waals surface area contributed by atoms with Crippen molar-refractivity contribution < 1.29 is 61.3 Å². The van der Waals surface area contributed by atoms with E-state index in [4.69, 9.17) is 0 Å². The molecule has 3 nitrogen and oxygen atoms in total. The van der Waals surface area contributed by atoms with Crippen LogP contribution in [0.3, 0.4) is 0 Å². The number of carbonyl (C=O) groups excluding carboxylic acids is 1. The van der Waals surface area contributed by atoms with Gasteiger partial charge in [0.1, 0.15) is 0 Å². The van der Waals surface area contributed by atoms with E-state index in [1.165, 1.54) is 56.9 Å². The Bertz CT molecular complexity index is 393. The van der Waals surface area contributed by atoms with Gasteiger partial charge in [0.2, 0.25) is 0 Å². The van der Waals surface area contributed by atoms with Crippen LogP contribution in [0.25, 0.3) is 0 Å². The first kappa shape index (κ1) is 22.1. The first-order valence-electron chi connectivity index (χ1n) is 8.25. The molecule has 1 rings (SSSR count). The number of aliphatic carboxylic acids is 1. The summed E-state index contributed by atoms with van der Waals surface area (Å²) >= 11 is 0. The minimum Gasteiger partial charge on any atom is -0.548 e. The Kier molecular flexibility index (Phi) is 14.8. The van der Waals surface area contributed by atoms with Crippen molar-refractivity contribution in [2.75, 3.05) is 11.9 Å². The van der Waals surface area contributed by atoms with E-state index in [0.29, 0.717) is 0 Å². The molecule has 0 aromatic heterocycles. The second-order valence-corrected chi connectivity index (χ2v) is 5.65. The van der Waals surface area contributed by atoms with Crippen LogP contribution < -0.4 is 61.8 Å². The van der Waals surface area contributed by atoms with Crippen molar-refractivity contribution in [1.29, 1.82) is 0 Å². The fourth-order valence-electron chi connectivity index (χ4n) is 2.43. The van der Waals surface area contributed by atoms with E-state index in [2.05, 4.69) is 24.4 Å². The summed E-state index contributed by atoms with van der Waals surface area (Å²) in [6, 6.07) is 8.00. The molecule has 0 aliphatic rings. The molecule has 0 unspecified atom stereocenters. The molecule has 0 amide bonds. The predicted molar refractivity (Wildman–Crippen MR) is 86.3 cm³/mol. The predicted octanol–water partition coefficient (Wildman–Crippen LogP) is 0.536. The summed E-state index contributed by atoms with van der Waals surface area (Å²) in [5, 5.41) is 13.2. The molecule has 0 saturated carbocycles. The zero-order chi connectivity index (χ0) is 15.3. The van der Waals surface area contributed by atoms with E-state index in [0.717, 1.165) is 12.1 Å². The molecule has 0 heterocycles. The van der Waals surface area contributed by atoms with Gasteiger partial charge in [0.15, 0.2) is 0 Å². The smallest absolute Gasteiger partial charge is 0.548 e. The quantitative estimate of drug-likeness (QED) is 0.450. The van der Waals surface area contributed by atoms with E-state index >= 15 is 0 Å². The molecule has 1 aromatic carbocycles. The fourth-order valence-corrected chi connectivity index (χ4v) is 2.43. The summed E-state index contributed by atoms with van der Waals surface area (Å²) in [4.78, 5) is 10.4. The standard InChI is InChI=1S/C18H29NO2.K/c1-2-3-4-5-6-7-8-9-10-16-11-13-17(14-12-16)19-15-18(20)21;/h11-14,19H,2-10,15H2,1H3,(H,20,21);/q;+1/p-1. The van der Waals surface area contributed by atoms with Crippen molar-refractivity contribution in [3.8, 4) is 0 Å². The van der Waals surface area contributed by atoms with Gasteiger partial charge in [-0.3, -0.25) is 0 Å². The molecule has 0 saturated heterocycles.